The first kappa shape index (κ1) is 17.6. The van der Waals surface area contributed by atoms with Gasteiger partial charge in [-0.15, -0.1) is 11.3 Å². The predicted octanol–water partition coefficient (Wildman–Crippen LogP) is 3.22. The van der Waals surface area contributed by atoms with E-state index in [-0.39, 0.29) is 18.1 Å². The Morgan fingerprint density at radius 2 is 2.12 bits per heavy atom. The summed E-state index contributed by atoms with van der Waals surface area (Å²) in [5, 5.41) is 16.1. The molecule has 6 nitrogen and oxygen atoms in total. The average Bonchev–Trinajstić information content (AvgIpc) is 3.12. The van der Waals surface area contributed by atoms with Crippen molar-refractivity contribution in [1.82, 2.24) is 10.4 Å². The van der Waals surface area contributed by atoms with E-state index in [4.69, 9.17) is 4.74 Å². The second-order valence-electron chi connectivity index (χ2n) is 5.39. The number of hydrazone groups is 1. The maximum atomic E-state index is 12.0. The predicted molar refractivity (Wildman–Crippen MR) is 102 cm³/mol. The van der Waals surface area contributed by atoms with E-state index >= 15 is 0 Å². The molecule has 0 radical (unpaired) electrons. The topological polar surface area (TPSA) is 83.8 Å². The average molecular weight is 367 g/mol. The number of hydrogen-bond acceptors (Lipinski definition) is 6. The third kappa shape index (κ3) is 4.46. The number of phenolic OH excluding ortho intramolecular Hbond substituents is 1. The number of carbonyl (C=O) groups is 1. The summed E-state index contributed by atoms with van der Waals surface area (Å²) in [7, 11) is 1.47. The summed E-state index contributed by atoms with van der Waals surface area (Å²) in [6.45, 7) is 0. The van der Waals surface area contributed by atoms with Gasteiger partial charge in [0.15, 0.2) is 11.5 Å². The highest BCUT2D eigenvalue weighted by molar-refractivity contribution is 7.10. The number of amides is 1. The second kappa shape index (κ2) is 8.26. The van der Waals surface area contributed by atoms with E-state index in [2.05, 4.69) is 15.5 Å². The number of hydrogen-bond donors (Lipinski definition) is 2. The van der Waals surface area contributed by atoms with Crippen LogP contribution < -0.4 is 10.2 Å². The Labute approximate surface area is 154 Å². The Kier molecular flexibility index (Phi) is 5.60. The zero-order chi connectivity index (χ0) is 18.4. The highest BCUT2D eigenvalue weighted by Gasteiger charge is 2.08. The van der Waals surface area contributed by atoms with Gasteiger partial charge in [-0.3, -0.25) is 4.79 Å². The molecular weight excluding hydrogens is 350 g/mol. The molecule has 3 aromatic rings. The minimum absolute atomic E-state index is 0.0478. The summed E-state index contributed by atoms with van der Waals surface area (Å²) in [6.07, 6.45) is 1.64. The van der Waals surface area contributed by atoms with Crippen LogP contribution in [0.3, 0.4) is 0 Å². The molecule has 0 aliphatic carbocycles. The first-order chi connectivity index (χ1) is 12.7. The number of phenols is 1. The smallest absolute Gasteiger partial charge is 0.246 e. The lowest BCUT2D eigenvalue weighted by atomic mass is 10.2. The second-order valence-corrected chi connectivity index (χ2v) is 6.34. The van der Waals surface area contributed by atoms with E-state index in [1.54, 1.807) is 12.1 Å². The van der Waals surface area contributed by atoms with Gasteiger partial charge in [0.05, 0.1) is 25.4 Å². The number of methoxy groups -OCH3 is 1. The molecule has 2 aromatic carbocycles. The fourth-order valence-corrected chi connectivity index (χ4v) is 3.07. The number of benzene rings is 2. The number of nitrogens with zero attached hydrogens (tertiary/aromatic N) is 2. The van der Waals surface area contributed by atoms with E-state index in [1.165, 1.54) is 30.7 Å². The molecule has 0 fully saturated rings. The number of rotatable bonds is 6. The molecule has 1 heterocycles. The Morgan fingerprint density at radius 3 is 2.88 bits per heavy atom. The van der Waals surface area contributed by atoms with Crippen LogP contribution in [-0.4, -0.2) is 29.3 Å². The summed E-state index contributed by atoms with van der Waals surface area (Å²) in [5.41, 5.74) is 5.05. The van der Waals surface area contributed by atoms with Crippen molar-refractivity contribution in [2.75, 3.05) is 7.11 Å². The van der Waals surface area contributed by atoms with Gasteiger partial charge in [-0.2, -0.15) is 5.10 Å². The van der Waals surface area contributed by atoms with Crippen LogP contribution in [0.25, 0.3) is 11.3 Å². The molecule has 0 unspecified atom stereocenters. The standard InChI is InChI=1S/C19H17N3O3S/c1-25-17-9-13(7-8-16(17)23)11-20-22-18(24)10-19-21-15(12-26-19)14-5-3-2-4-6-14/h2-9,11-12,23H,10H2,1H3,(H,22,24)/b20-11+. The van der Waals surface area contributed by atoms with E-state index in [0.717, 1.165) is 16.3 Å². The Hall–Kier alpha value is -3.19. The van der Waals surface area contributed by atoms with Crippen molar-refractivity contribution >= 4 is 23.5 Å². The molecule has 0 saturated heterocycles. The lowest BCUT2D eigenvalue weighted by Crippen LogP contribution is -2.19. The summed E-state index contributed by atoms with van der Waals surface area (Å²) in [6, 6.07) is 14.6. The lowest BCUT2D eigenvalue weighted by molar-refractivity contribution is -0.120. The van der Waals surface area contributed by atoms with Crippen LogP contribution in [0.4, 0.5) is 0 Å². The van der Waals surface area contributed by atoms with Crippen LogP contribution in [0.15, 0.2) is 59.0 Å². The van der Waals surface area contributed by atoms with E-state index in [9.17, 15) is 9.90 Å². The van der Waals surface area contributed by atoms with Gasteiger partial charge in [-0.1, -0.05) is 30.3 Å². The quantitative estimate of drug-likeness (QED) is 0.518. The molecule has 7 heteroatoms. The number of thiazole rings is 1. The highest BCUT2D eigenvalue weighted by Crippen LogP contribution is 2.25. The van der Waals surface area contributed by atoms with E-state index in [0.29, 0.717) is 11.3 Å². The zero-order valence-corrected chi connectivity index (χ0v) is 14.9. The summed E-state index contributed by atoms with van der Waals surface area (Å²) >= 11 is 1.44. The van der Waals surface area contributed by atoms with E-state index < -0.39 is 0 Å². The number of ether oxygens (including phenoxy) is 1. The van der Waals surface area contributed by atoms with Gasteiger partial charge in [0.2, 0.25) is 5.91 Å². The largest absolute Gasteiger partial charge is 0.504 e. The van der Waals surface area contributed by atoms with Gasteiger partial charge in [0.1, 0.15) is 5.01 Å². The van der Waals surface area contributed by atoms with E-state index in [1.807, 2.05) is 35.7 Å². The molecule has 0 aliphatic heterocycles. The minimum Gasteiger partial charge on any atom is -0.504 e. The summed E-state index contributed by atoms with van der Waals surface area (Å²) < 4.78 is 5.02. The van der Waals surface area contributed by atoms with Gasteiger partial charge < -0.3 is 9.84 Å². The van der Waals surface area contributed by atoms with Crippen molar-refractivity contribution in [2.45, 2.75) is 6.42 Å². The number of nitrogens with one attached hydrogen (secondary N) is 1. The Bertz CT molecular complexity index is 923. The highest BCUT2D eigenvalue weighted by atomic mass is 32.1. The lowest BCUT2D eigenvalue weighted by Gasteiger charge is -2.03. The van der Waals surface area contributed by atoms with Gasteiger partial charge in [-0.25, -0.2) is 10.4 Å². The summed E-state index contributed by atoms with van der Waals surface area (Å²) in [5.74, 6) is 0.143. The molecule has 132 valence electrons. The number of aromatic hydroxyl groups is 1. The number of aromatic nitrogens is 1. The van der Waals surface area contributed by atoms with Gasteiger partial charge in [0.25, 0.3) is 0 Å². The van der Waals surface area contributed by atoms with Crippen LogP contribution in [0, 0.1) is 0 Å². The third-order valence-electron chi connectivity index (χ3n) is 3.54. The molecule has 3 rings (SSSR count). The maximum Gasteiger partial charge on any atom is 0.246 e. The Morgan fingerprint density at radius 1 is 1.31 bits per heavy atom. The van der Waals surface area contributed by atoms with Crippen molar-refractivity contribution in [2.24, 2.45) is 5.10 Å². The third-order valence-corrected chi connectivity index (χ3v) is 4.39. The monoisotopic (exact) mass is 367 g/mol. The van der Waals surface area contributed by atoms with Crippen molar-refractivity contribution < 1.29 is 14.6 Å². The van der Waals surface area contributed by atoms with Crippen LogP contribution in [0.5, 0.6) is 11.5 Å². The van der Waals surface area contributed by atoms with Crippen LogP contribution in [-0.2, 0) is 11.2 Å². The first-order valence-corrected chi connectivity index (χ1v) is 8.72. The molecule has 1 amide bonds. The van der Waals surface area contributed by atoms with Crippen molar-refractivity contribution in [3.05, 3.63) is 64.5 Å². The molecule has 0 spiro atoms. The van der Waals surface area contributed by atoms with Crippen molar-refractivity contribution in [3.63, 3.8) is 0 Å². The molecule has 0 atom stereocenters. The summed E-state index contributed by atoms with van der Waals surface area (Å²) in [4.78, 5) is 16.5. The first-order valence-electron chi connectivity index (χ1n) is 7.84. The van der Waals surface area contributed by atoms with Gasteiger partial charge in [-0.05, 0) is 23.8 Å². The zero-order valence-electron chi connectivity index (χ0n) is 14.0. The molecule has 0 aliphatic rings. The van der Waals surface area contributed by atoms with Crippen molar-refractivity contribution in [1.29, 1.82) is 0 Å². The van der Waals surface area contributed by atoms with Gasteiger partial charge >= 0.3 is 0 Å². The maximum absolute atomic E-state index is 12.0. The van der Waals surface area contributed by atoms with Crippen LogP contribution in [0.1, 0.15) is 10.6 Å². The fraction of sp³-hybridized carbons (Fsp3) is 0.105. The van der Waals surface area contributed by atoms with Crippen LogP contribution in [0.2, 0.25) is 0 Å². The molecule has 1 aromatic heterocycles. The van der Waals surface area contributed by atoms with Crippen molar-refractivity contribution in [3.8, 4) is 22.8 Å². The molecular formula is C19H17N3O3S. The normalized spacial score (nSPS) is 10.8. The number of carbonyl (C=O) groups excluding carboxylic acids is 1. The molecule has 2 N–H and O–H groups in total. The SMILES string of the molecule is COc1cc(/C=N/NC(=O)Cc2nc(-c3ccccc3)cs2)ccc1O. The van der Waals surface area contributed by atoms with Gasteiger partial charge in [0, 0.05) is 10.9 Å². The fourth-order valence-electron chi connectivity index (χ4n) is 2.26. The van der Waals surface area contributed by atoms with Crippen LogP contribution >= 0.6 is 11.3 Å². The minimum atomic E-state index is -0.249. The molecule has 0 bridgehead atoms. The molecule has 0 saturated carbocycles. The Balaban J connectivity index is 1.57. The molecule has 26 heavy (non-hydrogen) atoms.